The average molecular weight is 501 g/mol. The molecule has 0 aliphatic heterocycles. The molecule has 0 spiro atoms. The molecular formula is C23H21ClN4O5S. The lowest BCUT2D eigenvalue weighted by atomic mass is 10.1. The van der Waals surface area contributed by atoms with E-state index < -0.39 is 27.4 Å². The summed E-state index contributed by atoms with van der Waals surface area (Å²) in [4.78, 5) is 23.1. The Morgan fingerprint density at radius 2 is 1.74 bits per heavy atom. The molecule has 0 atom stereocenters. The summed E-state index contributed by atoms with van der Waals surface area (Å²) in [5, 5.41) is 15.2. The number of sulfonamides is 1. The fourth-order valence-electron chi connectivity index (χ4n) is 3.09. The van der Waals surface area contributed by atoms with Gasteiger partial charge in [-0.25, -0.2) is 13.8 Å². The molecule has 0 bridgehead atoms. The van der Waals surface area contributed by atoms with Crippen molar-refractivity contribution in [3.05, 3.63) is 105 Å². The maximum atomic E-state index is 13.3. The number of hydrogen-bond acceptors (Lipinski definition) is 6. The number of rotatable bonds is 9. The van der Waals surface area contributed by atoms with E-state index in [2.05, 4.69) is 10.5 Å². The van der Waals surface area contributed by atoms with Gasteiger partial charge in [-0.15, -0.1) is 0 Å². The molecule has 3 aromatic rings. The van der Waals surface area contributed by atoms with E-state index in [4.69, 9.17) is 11.6 Å². The van der Waals surface area contributed by atoms with Crippen LogP contribution in [0.25, 0.3) is 0 Å². The number of amides is 1. The molecule has 176 valence electrons. The molecule has 0 aromatic heterocycles. The lowest BCUT2D eigenvalue weighted by molar-refractivity contribution is -0.385. The SMILES string of the molecule is Cc1ccccc1CN(CC(=O)N/N=C\c1ccccc1[N+](=O)[O-])S(=O)(=O)c1ccc(Cl)cc1. The van der Waals surface area contributed by atoms with Crippen LogP contribution in [-0.4, -0.2) is 36.3 Å². The molecule has 9 nitrogen and oxygen atoms in total. The molecule has 11 heteroatoms. The number of aryl methyl sites for hydroxylation is 1. The number of benzene rings is 3. The van der Waals surface area contributed by atoms with Crippen molar-refractivity contribution in [2.24, 2.45) is 5.10 Å². The Balaban J connectivity index is 1.82. The van der Waals surface area contributed by atoms with Crippen LogP contribution >= 0.6 is 11.6 Å². The summed E-state index contributed by atoms with van der Waals surface area (Å²) in [5.74, 6) is -0.707. The van der Waals surface area contributed by atoms with Gasteiger partial charge < -0.3 is 0 Å². The second-order valence-corrected chi connectivity index (χ2v) is 9.64. The quantitative estimate of drug-likeness (QED) is 0.271. The highest BCUT2D eigenvalue weighted by Crippen LogP contribution is 2.21. The molecule has 0 heterocycles. The summed E-state index contributed by atoms with van der Waals surface area (Å²) >= 11 is 5.88. The topological polar surface area (TPSA) is 122 Å². The molecule has 0 aliphatic rings. The molecule has 1 amide bonds. The second-order valence-electron chi connectivity index (χ2n) is 7.26. The molecule has 3 rings (SSSR count). The predicted molar refractivity (Wildman–Crippen MR) is 129 cm³/mol. The van der Waals surface area contributed by atoms with Crippen LogP contribution in [0.3, 0.4) is 0 Å². The number of nitrogens with zero attached hydrogens (tertiary/aromatic N) is 3. The highest BCUT2D eigenvalue weighted by molar-refractivity contribution is 7.89. The van der Waals surface area contributed by atoms with E-state index in [1.807, 2.05) is 19.1 Å². The van der Waals surface area contributed by atoms with Gasteiger partial charge in [0.15, 0.2) is 0 Å². The Morgan fingerprint density at radius 3 is 2.41 bits per heavy atom. The van der Waals surface area contributed by atoms with Gasteiger partial charge in [0.25, 0.3) is 11.6 Å². The van der Waals surface area contributed by atoms with Crippen molar-refractivity contribution in [1.82, 2.24) is 9.73 Å². The maximum absolute atomic E-state index is 13.3. The molecule has 0 saturated heterocycles. The van der Waals surface area contributed by atoms with Crippen LogP contribution in [-0.2, 0) is 21.4 Å². The molecular weight excluding hydrogens is 480 g/mol. The first kappa shape index (κ1) is 25.0. The number of nitro groups is 1. The third-order valence-corrected chi connectivity index (χ3v) is 6.96. The molecule has 0 aliphatic carbocycles. The summed E-state index contributed by atoms with van der Waals surface area (Å²) in [6.45, 7) is 1.28. The molecule has 0 saturated carbocycles. The van der Waals surface area contributed by atoms with Crippen molar-refractivity contribution in [3.63, 3.8) is 0 Å². The largest absolute Gasteiger partial charge is 0.278 e. The van der Waals surface area contributed by atoms with Crippen LogP contribution < -0.4 is 5.43 Å². The zero-order valence-electron chi connectivity index (χ0n) is 18.1. The summed E-state index contributed by atoms with van der Waals surface area (Å²) in [7, 11) is -4.05. The normalized spacial score (nSPS) is 11.6. The fraction of sp³-hybridized carbons (Fsp3) is 0.130. The molecule has 0 unspecified atom stereocenters. The zero-order valence-corrected chi connectivity index (χ0v) is 19.7. The van der Waals surface area contributed by atoms with E-state index >= 15 is 0 Å². The molecule has 0 radical (unpaired) electrons. The van der Waals surface area contributed by atoms with Gasteiger partial charge in [-0.2, -0.15) is 9.41 Å². The number of para-hydroxylation sites is 1. The summed E-state index contributed by atoms with van der Waals surface area (Å²) < 4.78 is 27.6. The number of carbonyl (C=O) groups is 1. The summed E-state index contributed by atoms with van der Waals surface area (Å²) in [6.07, 6.45) is 1.13. The molecule has 34 heavy (non-hydrogen) atoms. The second kappa shape index (κ2) is 11.0. The summed E-state index contributed by atoms with van der Waals surface area (Å²) in [5.41, 5.74) is 3.86. The molecule has 1 N–H and O–H groups in total. The minimum absolute atomic E-state index is 0.0123. The minimum Gasteiger partial charge on any atom is -0.272 e. The van der Waals surface area contributed by atoms with Crippen molar-refractivity contribution in [1.29, 1.82) is 0 Å². The highest BCUT2D eigenvalue weighted by Gasteiger charge is 2.27. The highest BCUT2D eigenvalue weighted by atomic mass is 35.5. The number of carbonyl (C=O) groups excluding carboxylic acids is 1. The zero-order chi connectivity index (χ0) is 24.7. The van der Waals surface area contributed by atoms with Crippen LogP contribution in [0.5, 0.6) is 0 Å². The Hall–Kier alpha value is -3.60. The first-order chi connectivity index (χ1) is 16.2. The van der Waals surface area contributed by atoms with Gasteiger partial charge in [-0.1, -0.05) is 48.0 Å². The van der Waals surface area contributed by atoms with Crippen LogP contribution in [0.15, 0.2) is 82.8 Å². The summed E-state index contributed by atoms with van der Waals surface area (Å²) in [6, 6.07) is 18.8. The Kier molecular flexibility index (Phi) is 8.11. The number of hydrazone groups is 1. The predicted octanol–water partition coefficient (Wildman–Crippen LogP) is 3.90. The van der Waals surface area contributed by atoms with E-state index in [9.17, 15) is 23.3 Å². The van der Waals surface area contributed by atoms with Gasteiger partial charge >= 0.3 is 0 Å². The fourth-order valence-corrected chi connectivity index (χ4v) is 4.59. The molecule has 0 fully saturated rings. The lowest BCUT2D eigenvalue weighted by Crippen LogP contribution is -2.39. The van der Waals surface area contributed by atoms with Gasteiger partial charge in [0.1, 0.15) is 0 Å². The minimum atomic E-state index is -4.05. The van der Waals surface area contributed by atoms with Crippen molar-refractivity contribution >= 4 is 39.4 Å². The number of nitrogens with one attached hydrogen (secondary N) is 1. The van der Waals surface area contributed by atoms with E-state index in [-0.39, 0.29) is 22.7 Å². The van der Waals surface area contributed by atoms with E-state index in [0.717, 1.165) is 21.6 Å². The Labute approximate surface area is 201 Å². The maximum Gasteiger partial charge on any atom is 0.278 e. The van der Waals surface area contributed by atoms with Gasteiger partial charge in [-0.05, 0) is 48.4 Å². The van der Waals surface area contributed by atoms with E-state index in [1.165, 1.54) is 42.5 Å². The number of halogens is 1. The Bertz CT molecular complexity index is 1330. The van der Waals surface area contributed by atoms with Crippen molar-refractivity contribution in [2.45, 2.75) is 18.4 Å². The molecule has 3 aromatic carbocycles. The van der Waals surface area contributed by atoms with Crippen molar-refractivity contribution in [2.75, 3.05) is 6.54 Å². The smallest absolute Gasteiger partial charge is 0.272 e. The van der Waals surface area contributed by atoms with Crippen LogP contribution in [0, 0.1) is 17.0 Å². The van der Waals surface area contributed by atoms with Crippen molar-refractivity contribution in [3.8, 4) is 0 Å². The van der Waals surface area contributed by atoms with Gasteiger partial charge in [0, 0.05) is 17.6 Å². The van der Waals surface area contributed by atoms with Gasteiger partial charge in [0.05, 0.1) is 28.1 Å². The first-order valence-corrected chi connectivity index (χ1v) is 11.9. The van der Waals surface area contributed by atoms with Crippen LogP contribution in [0.2, 0.25) is 5.02 Å². The van der Waals surface area contributed by atoms with Gasteiger partial charge in [0.2, 0.25) is 10.0 Å². The third kappa shape index (κ3) is 6.25. The lowest BCUT2D eigenvalue weighted by Gasteiger charge is -2.22. The first-order valence-electron chi connectivity index (χ1n) is 10.0. The van der Waals surface area contributed by atoms with Crippen LogP contribution in [0.1, 0.15) is 16.7 Å². The number of hydrogen-bond donors (Lipinski definition) is 1. The van der Waals surface area contributed by atoms with E-state index in [0.29, 0.717) is 5.02 Å². The van der Waals surface area contributed by atoms with Gasteiger partial charge in [-0.3, -0.25) is 14.9 Å². The Morgan fingerprint density at radius 1 is 1.09 bits per heavy atom. The average Bonchev–Trinajstić information content (AvgIpc) is 2.80. The van der Waals surface area contributed by atoms with E-state index in [1.54, 1.807) is 18.2 Å². The van der Waals surface area contributed by atoms with Crippen molar-refractivity contribution < 1.29 is 18.1 Å². The third-order valence-electron chi connectivity index (χ3n) is 4.91. The monoisotopic (exact) mass is 500 g/mol. The standard InChI is InChI=1S/C23H21ClN4O5S/c1-17-6-2-3-8-19(17)15-27(34(32,33)21-12-10-20(24)11-13-21)16-23(29)26-25-14-18-7-4-5-9-22(18)28(30)31/h2-14H,15-16H2,1H3,(H,26,29)/b25-14-. The van der Waals surface area contributed by atoms with Crippen LogP contribution in [0.4, 0.5) is 5.69 Å². The number of nitro benzene ring substituents is 1.